The quantitative estimate of drug-likeness (QED) is 0.544. The number of alkyl halides is 3. The van der Waals surface area contributed by atoms with Crippen molar-refractivity contribution in [1.29, 1.82) is 0 Å². The number of amides is 1. The fourth-order valence-electron chi connectivity index (χ4n) is 4.06. The third-order valence-corrected chi connectivity index (χ3v) is 6.18. The number of halogens is 3. The number of pyridine rings is 1. The van der Waals surface area contributed by atoms with Crippen molar-refractivity contribution in [2.75, 3.05) is 37.3 Å². The molecule has 0 atom stereocenters. The molecule has 2 fully saturated rings. The number of aromatic nitrogens is 1. The average Bonchev–Trinajstić information content (AvgIpc) is 3.58. The van der Waals surface area contributed by atoms with Crippen molar-refractivity contribution in [3.05, 3.63) is 36.5 Å². The molecule has 0 bridgehead atoms. The predicted octanol–water partition coefficient (Wildman–Crippen LogP) is 4.40. The van der Waals surface area contributed by atoms with Crippen molar-refractivity contribution >= 4 is 33.8 Å². The minimum Gasteiger partial charge on any atom is -0.382 e. The van der Waals surface area contributed by atoms with Crippen LogP contribution < -0.4 is 16.0 Å². The summed E-state index contributed by atoms with van der Waals surface area (Å²) in [4.78, 5) is 18.5. The molecule has 2 aliphatic rings. The summed E-state index contributed by atoms with van der Waals surface area (Å²) in [7, 11) is 2.08. The number of nitrogens with one attached hydrogen (secondary N) is 3. The lowest BCUT2D eigenvalue weighted by Crippen LogP contribution is -2.36. The van der Waals surface area contributed by atoms with E-state index in [1.54, 1.807) is 18.2 Å². The summed E-state index contributed by atoms with van der Waals surface area (Å²) in [5.74, 6) is 0.218. The number of hydrogen-bond acceptors (Lipinski definition) is 5. The molecule has 1 amide bonds. The lowest BCUT2D eigenvalue weighted by Gasteiger charge is -2.30. The molecule has 3 N–H and O–H groups in total. The predicted molar refractivity (Wildman–Crippen MR) is 125 cm³/mol. The lowest BCUT2D eigenvalue weighted by molar-refractivity contribution is -0.120. The monoisotopic (exact) mass is 461 g/mol. The van der Waals surface area contributed by atoms with Crippen LogP contribution in [0.3, 0.4) is 0 Å². The molecule has 1 aliphatic carbocycles. The van der Waals surface area contributed by atoms with Crippen molar-refractivity contribution in [2.45, 2.75) is 50.4 Å². The van der Waals surface area contributed by atoms with Crippen LogP contribution in [0, 0.1) is 0 Å². The number of rotatable bonds is 8. The Kier molecular flexibility index (Phi) is 6.78. The van der Waals surface area contributed by atoms with Gasteiger partial charge in [0.05, 0.1) is 11.3 Å². The lowest BCUT2D eigenvalue weighted by atomic mass is 10.0. The fourth-order valence-corrected chi connectivity index (χ4v) is 4.06. The Hall–Kier alpha value is -2.81. The zero-order valence-corrected chi connectivity index (χ0v) is 18.8. The minimum atomic E-state index is -4.60. The van der Waals surface area contributed by atoms with Gasteiger partial charge in [-0.05, 0) is 58.0 Å². The maximum Gasteiger partial charge on any atom is 0.417 e. The van der Waals surface area contributed by atoms with Crippen LogP contribution in [0.15, 0.2) is 30.8 Å². The zero-order valence-electron chi connectivity index (χ0n) is 18.8. The second-order valence-electron chi connectivity index (χ2n) is 8.97. The van der Waals surface area contributed by atoms with Crippen LogP contribution in [0.5, 0.6) is 0 Å². The van der Waals surface area contributed by atoms with E-state index in [0.29, 0.717) is 16.6 Å². The molecule has 33 heavy (non-hydrogen) atoms. The van der Waals surface area contributed by atoms with Gasteiger partial charge in [-0.25, -0.2) is 4.98 Å². The number of likely N-dealkylation sites (tertiary alicyclic amines) is 1. The number of carbonyl (C=O) groups excluding carboxylic acids is 1. The molecule has 0 spiro atoms. The first-order valence-electron chi connectivity index (χ1n) is 11.4. The van der Waals surface area contributed by atoms with E-state index >= 15 is 0 Å². The van der Waals surface area contributed by atoms with E-state index < -0.39 is 11.7 Å². The van der Waals surface area contributed by atoms with Gasteiger partial charge in [-0.2, -0.15) is 13.2 Å². The Morgan fingerprint density at radius 3 is 2.55 bits per heavy atom. The van der Waals surface area contributed by atoms with Gasteiger partial charge in [0, 0.05) is 41.5 Å². The van der Waals surface area contributed by atoms with Crippen molar-refractivity contribution < 1.29 is 18.0 Å². The van der Waals surface area contributed by atoms with Crippen molar-refractivity contribution in [2.24, 2.45) is 0 Å². The fraction of sp³-hybridized carbons (Fsp3) is 0.500. The van der Waals surface area contributed by atoms with Gasteiger partial charge >= 0.3 is 6.18 Å². The molecule has 9 heteroatoms. The van der Waals surface area contributed by atoms with Gasteiger partial charge in [-0.15, -0.1) is 0 Å². The van der Waals surface area contributed by atoms with Gasteiger partial charge in [0.1, 0.15) is 5.82 Å². The summed E-state index contributed by atoms with van der Waals surface area (Å²) in [5.41, 5.74) is -0.411. The van der Waals surface area contributed by atoms with Crippen LogP contribution in [0.25, 0.3) is 16.3 Å². The highest BCUT2D eigenvalue weighted by Gasteiger charge is 2.35. The van der Waals surface area contributed by atoms with Crippen molar-refractivity contribution in [1.82, 2.24) is 15.2 Å². The van der Waals surface area contributed by atoms with Crippen LogP contribution in [-0.4, -0.2) is 60.7 Å². The highest BCUT2D eigenvalue weighted by atomic mass is 19.4. The van der Waals surface area contributed by atoms with E-state index in [0.717, 1.165) is 44.5 Å². The van der Waals surface area contributed by atoms with Crippen molar-refractivity contribution in [3.63, 3.8) is 0 Å². The Labute approximate surface area is 191 Å². The number of anilines is 2. The van der Waals surface area contributed by atoms with Crippen LogP contribution >= 0.6 is 0 Å². The molecule has 1 saturated heterocycles. The number of hydrogen-bond donors (Lipinski definition) is 3. The van der Waals surface area contributed by atoms with Gasteiger partial charge in [-0.1, -0.05) is 18.7 Å². The molecule has 2 heterocycles. The molecular weight excluding hydrogens is 431 g/mol. The van der Waals surface area contributed by atoms with Crippen molar-refractivity contribution in [3.8, 4) is 0 Å². The Bertz CT molecular complexity index is 1030. The Morgan fingerprint density at radius 2 is 1.88 bits per heavy atom. The summed E-state index contributed by atoms with van der Waals surface area (Å²) >= 11 is 0. The van der Waals surface area contributed by atoms with Gasteiger partial charge in [0.25, 0.3) is 0 Å². The van der Waals surface area contributed by atoms with E-state index in [1.807, 2.05) is 6.07 Å². The first kappa shape index (κ1) is 23.4. The second kappa shape index (κ2) is 9.59. The van der Waals surface area contributed by atoms with Crippen LogP contribution in [0.4, 0.5) is 24.7 Å². The van der Waals surface area contributed by atoms with E-state index in [-0.39, 0.29) is 36.7 Å². The molecule has 1 aliphatic heterocycles. The Balaban J connectivity index is 1.60. The maximum absolute atomic E-state index is 13.6. The summed E-state index contributed by atoms with van der Waals surface area (Å²) in [6.07, 6.45) is -0.452. The van der Waals surface area contributed by atoms with E-state index in [4.69, 9.17) is 0 Å². The van der Waals surface area contributed by atoms with Crippen LogP contribution in [-0.2, 0) is 4.79 Å². The van der Waals surface area contributed by atoms with Gasteiger partial charge in [0.15, 0.2) is 0 Å². The number of allylic oxidation sites excluding steroid dienone is 1. The summed E-state index contributed by atoms with van der Waals surface area (Å²) in [6, 6.07) is 7.53. The SMILES string of the molecule is C=C(c1nc(NCCC(=O)NC2CC2)cc2c(NC3CCN(C)CC3)cccc12)C(F)(F)F. The molecule has 1 aromatic carbocycles. The third-order valence-electron chi connectivity index (χ3n) is 6.18. The van der Waals surface area contributed by atoms with Gasteiger partial charge in [-0.3, -0.25) is 4.79 Å². The molecule has 178 valence electrons. The standard InChI is InChI=1S/C24H30F3N5O/c1-15(24(25,26)27)23-18-4-3-5-20(29-17-9-12-32(2)13-10-17)19(18)14-21(31-23)28-11-8-22(33)30-16-6-7-16/h3-5,14,16-17,29H,1,6-13H2,2H3,(H,28,31)(H,30,33). The van der Waals surface area contributed by atoms with E-state index in [2.05, 4.69) is 39.5 Å². The topological polar surface area (TPSA) is 69.3 Å². The smallest absolute Gasteiger partial charge is 0.382 e. The molecule has 2 aromatic rings. The highest BCUT2D eigenvalue weighted by molar-refractivity contribution is 6.01. The third kappa shape index (κ3) is 5.96. The normalized spacial score (nSPS) is 17.7. The summed E-state index contributed by atoms with van der Waals surface area (Å²) in [6.45, 7) is 5.50. The van der Waals surface area contributed by atoms with E-state index in [1.165, 1.54) is 0 Å². The van der Waals surface area contributed by atoms with Crippen LogP contribution in [0.2, 0.25) is 0 Å². The summed E-state index contributed by atoms with van der Waals surface area (Å²) < 4.78 is 40.7. The van der Waals surface area contributed by atoms with Gasteiger partial charge < -0.3 is 20.9 Å². The number of carbonyl (C=O) groups is 1. The number of fused-ring (bicyclic) bond motifs is 1. The summed E-state index contributed by atoms with van der Waals surface area (Å²) in [5, 5.41) is 10.5. The zero-order chi connectivity index (χ0) is 23.6. The van der Waals surface area contributed by atoms with E-state index in [9.17, 15) is 18.0 Å². The molecular formula is C24H30F3N5O. The average molecular weight is 462 g/mol. The largest absolute Gasteiger partial charge is 0.417 e. The first-order valence-corrected chi connectivity index (χ1v) is 11.4. The molecule has 0 radical (unpaired) electrons. The number of piperidine rings is 1. The maximum atomic E-state index is 13.6. The Morgan fingerprint density at radius 1 is 1.15 bits per heavy atom. The highest BCUT2D eigenvalue weighted by Crippen LogP contribution is 2.38. The molecule has 6 nitrogen and oxygen atoms in total. The van der Waals surface area contributed by atoms with Crippen LogP contribution in [0.1, 0.15) is 37.8 Å². The minimum absolute atomic E-state index is 0.0738. The number of benzene rings is 1. The molecule has 1 aromatic heterocycles. The molecule has 0 unspecified atom stereocenters. The first-order chi connectivity index (χ1) is 15.7. The second-order valence-corrected chi connectivity index (χ2v) is 8.97. The molecule has 4 rings (SSSR count). The molecule has 1 saturated carbocycles. The van der Waals surface area contributed by atoms with Gasteiger partial charge in [0.2, 0.25) is 5.91 Å². The number of nitrogens with zero attached hydrogens (tertiary/aromatic N) is 2.